The lowest BCUT2D eigenvalue weighted by Crippen LogP contribution is -2.40. The zero-order chi connectivity index (χ0) is 26.2. The fourth-order valence-corrected chi connectivity index (χ4v) is 5.05. The van der Waals surface area contributed by atoms with Crippen molar-refractivity contribution >= 4 is 44.9 Å². The molecule has 1 N–H and O–H groups in total. The molecule has 0 saturated carbocycles. The lowest BCUT2D eigenvalue weighted by atomic mass is 9.96. The first-order valence-corrected chi connectivity index (χ1v) is 12.9. The number of fused-ring (bicyclic) bond motifs is 1. The molecule has 0 bridgehead atoms. The van der Waals surface area contributed by atoms with Gasteiger partial charge in [0.05, 0.1) is 21.9 Å². The lowest BCUT2D eigenvalue weighted by molar-refractivity contribution is -0.137. The van der Waals surface area contributed by atoms with Crippen LogP contribution in [0.1, 0.15) is 28.8 Å². The molecular weight excluding hydrogens is 571 g/mol. The highest BCUT2D eigenvalue weighted by atomic mass is 79.9. The third-order valence-corrected chi connectivity index (χ3v) is 7.38. The number of rotatable bonds is 5. The highest BCUT2D eigenvalue weighted by Gasteiger charge is 2.32. The molecule has 37 heavy (non-hydrogen) atoms. The van der Waals surface area contributed by atoms with Crippen LogP contribution in [0, 0.1) is 5.92 Å². The highest BCUT2D eigenvalue weighted by molar-refractivity contribution is 9.10. The van der Waals surface area contributed by atoms with Crippen LogP contribution in [0.4, 0.5) is 19.0 Å². The molecule has 0 unspecified atom stereocenters. The van der Waals surface area contributed by atoms with E-state index in [-0.39, 0.29) is 17.4 Å². The number of amides is 1. The summed E-state index contributed by atoms with van der Waals surface area (Å²) in [4.78, 5) is 19.2. The van der Waals surface area contributed by atoms with Crippen molar-refractivity contribution in [3.8, 4) is 11.3 Å². The first kappa shape index (κ1) is 25.5. The number of halogens is 5. The van der Waals surface area contributed by atoms with Crippen molar-refractivity contribution in [2.24, 2.45) is 5.92 Å². The Morgan fingerprint density at radius 3 is 2.59 bits per heavy atom. The molecule has 1 amide bonds. The molecule has 0 atom stereocenters. The molecule has 192 valence electrons. The van der Waals surface area contributed by atoms with Crippen LogP contribution < -0.4 is 5.32 Å². The van der Waals surface area contributed by atoms with E-state index in [0.29, 0.717) is 36.0 Å². The summed E-state index contributed by atoms with van der Waals surface area (Å²) in [6, 6.07) is 14.0. The van der Waals surface area contributed by atoms with Crippen molar-refractivity contribution in [2.75, 3.05) is 25.0 Å². The van der Waals surface area contributed by atoms with E-state index < -0.39 is 11.7 Å². The number of carbonyl (C=O) groups is 1. The number of benzene rings is 2. The average molecular weight is 593 g/mol. The fourth-order valence-electron chi connectivity index (χ4n) is 4.47. The first-order valence-electron chi connectivity index (χ1n) is 11.7. The Morgan fingerprint density at radius 1 is 1.11 bits per heavy atom. The quantitative estimate of drug-likeness (QED) is 0.277. The summed E-state index contributed by atoms with van der Waals surface area (Å²) in [5.41, 5.74) is 1.42. The number of nitrogens with one attached hydrogen (secondary N) is 1. The average Bonchev–Trinajstić information content (AvgIpc) is 3.27. The standard InChI is InChI=1S/C26H22BrClF3N5O/c27-20-15-33-36-23(13-22(34-24(20)36)19-6-1-2-7-21(19)28)32-14-16-8-10-35(11-9-16)25(37)17-4-3-5-18(12-17)26(29,30)31/h1-7,12-13,15-16,32H,8-11,14H2. The predicted octanol–water partition coefficient (Wildman–Crippen LogP) is 6.80. The number of carbonyl (C=O) groups excluding carboxylic acids is 1. The molecule has 1 fully saturated rings. The number of likely N-dealkylation sites (tertiary alicyclic amines) is 1. The number of alkyl halides is 3. The van der Waals surface area contributed by atoms with Gasteiger partial charge < -0.3 is 10.2 Å². The maximum absolute atomic E-state index is 13.0. The molecule has 6 nitrogen and oxygen atoms in total. The minimum Gasteiger partial charge on any atom is -0.370 e. The van der Waals surface area contributed by atoms with Gasteiger partial charge in [0.25, 0.3) is 5.91 Å². The van der Waals surface area contributed by atoms with Gasteiger partial charge in [-0.1, -0.05) is 35.9 Å². The number of anilines is 1. The molecule has 3 heterocycles. The summed E-state index contributed by atoms with van der Waals surface area (Å²) in [5, 5.41) is 8.48. The van der Waals surface area contributed by atoms with Crippen LogP contribution in [0.3, 0.4) is 0 Å². The number of aromatic nitrogens is 3. The molecule has 5 rings (SSSR count). The van der Waals surface area contributed by atoms with E-state index in [2.05, 4.69) is 26.3 Å². The lowest BCUT2D eigenvalue weighted by Gasteiger charge is -2.32. The van der Waals surface area contributed by atoms with E-state index in [0.717, 1.165) is 40.8 Å². The van der Waals surface area contributed by atoms with Gasteiger partial charge in [-0.25, -0.2) is 4.98 Å². The fraction of sp³-hybridized carbons (Fsp3) is 0.269. The van der Waals surface area contributed by atoms with E-state index in [1.54, 1.807) is 15.6 Å². The van der Waals surface area contributed by atoms with Crippen molar-refractivity contribution < 1.29 is 18.0 Å². The number of hydrogen-bond acceptors (Lipinski definition) is 4. The summed E-state index contributed by atoms with van der Waals surface area (Å²) in [6.45, 7) is 1.60. The molecule has 1 aliphatic rings. The highest BCUT2D eigenvalue weighted by Crippen LogP contribution is 2.32. The molecule has 11 heteroatoms. The van der Waals surface area contributed by atoms with Gasteiger partial charge >= 0.3 is 6.18 Å². The summed E-state index contributed by atoms with van der Waals surface area (Å²) >= 11 is 9.91. The largest absolute Gasteiger partial charge is 0.416 e. The third kappa shape index (κ3) is 5.45. The topological polar surface area (TPSA) is 62.5 Å². The number of piperidine rings is 1. The Kier molecular flexibility index (Phi) is 7.13. The van der Waals surface area contributed by atoms with Crippen molar-refractivity contribution in [1.29, 1.82) is 0 Å². The summed E-state index contributed by atoms with van der Waals surface area (Å²) in [6.07, 6.45) is -1.34. The van der Waals surface area contributed by atoms with Crippen LogP contribution in [-0.2, 0) is 6.18 Å². The van der Waals surface area contributed by atoms with Crippen LogP contribution in [0.15, 0.2) is 65.3 Å². The van der Waals surface area contributed by atoms with Crippen LogP contribution in [0.25, 0.3) is 16.9 Å². The van der Waals surface area contributed by atoms with E-state index in [1.807, 2.05) is 30.3 Å². The summed E-state index contributed by atoms with van der Waals surface area (Å²) < 4.78 is 41.6. The van der Waals surface area contributed by atoms with Crippen molar-refractivity contribution in [3.05, 3.63) is 81.4 Å². The summed E-state index contributed by atoms with van der Waals surface area (Å²) in [5.74, 6) is 0.656. The van der Waals surface area contributed by atoms with Gasteiger partial charge in [0.15, 0.2) is 5.65 Å². The van der Waals surface area contributed by atoms with Gasteiger partial charge in [-0.15, -0.1) is 0 Å². The first-order chi connectivity index (χ1) is 17.7. The van der Waals surface area contributed by atoms with Gasteiger partial charge in [-0.2, -0.15) is 22.8 Å². The van der Waals surface area contributed by atoms with Crippen LogP contribution in [0.5, 0.6) is 0 Å². The molecule has 2 aromatic heterocycles. The number of hydrogen-bond donors (Lipinski definition) is 1. The third-order valence-electron chi connectivity index (χ3n) is 6.49. The van der Waals surface area contributed by atoms with Gasteiger partial charge in [-0.3, -0.25) is 4.79 Å². The Morgan fingerprint density at radius 2 is 1.86 bits per heavy atom. The molecule has 0 aliphatic carbocycles. The van der Waals surface area contributed by atoms with Gasteiger partial charge in [-0.05, 0) is 59.0 Å². The van der Waals surface area contributed by atoms with Crippen LogP contribution in [-0.4, -0.2) is 45.0 Å². The molecular formula is C26H22BrClF3N5O. The molecule has 0 radical (unpaired) electrons. The zero-order valence-electron chi connectivity index (χ0n) is 19.5. The maximum Gasteiger partial charge on any atom is 0.416 e. The van der Waals surface area contributed by atoms with Gasteiger partial charge in [0.2, 0.25) is 0 Å². The molecule has 0 spiro atoms. The van der Waals surface area contributed by atoms with Crippen molar-refractivity contribution in [2.45, 2.75) is 19.0 Å². The van der Waals surface area contributed by atoms with E-state index >= 15 is 0 Å². The minimum absolute atomic E-state index is 0.0574. The van der Waals surface area contributed by atoms with Crippen molar-refractivity contribution in [1.82, 2.24) is 19.5 Å². The Balaban J connectivity index is 1.26. The normalized spacial score (nSPS) is 14.8. The van der Waals surface area contributed by atoms with Gasteiger partial charge in [0, 0.05) is 41.9 Å². The predicted molar refractivity (Wildman–Crippen MR) is 140 cm³/mol. The van der Waals surface area contributed by atoms with E-state index in [1.165, 1.54) is 12.1 Å². The SMILES string of the molecule is O=C(c1cccc(C(F)(F)F)c1)N1CCC(CNc2cc(-c3ccccc3Cl)nc3c(Br)cnn23)CC1. The Labute approximate surface area is 224 Å². The molecule has 2 aromatic carbocycles. The van der Waals surface area contributed by atoms with Crippen molar-refractivity contribution in [3.63, 3.8) is 0 Å². The smallest absolute Gasteiger partial charge is 0.370 e. The second-order valence-electron chi connectivity index (χ2n) is 8.93. The maximum atomic E-state index is 13.0. The molecule has 1 saturated heterocycles. The molecule has 1 aliphatic heterocycles. The van der Waals surface area contributed by atoms with E-state index in [9.17, 15) is 18.0 Å². The second kappa shape index (κ2) is 10.3. The summed E-state index contributed by atoms with van der Waals surface area (Å²) in [7, 11) is 0. The Hall–Kier alpha value is -3.11. The van der Waals surface area contributed by atoms with Gasteiger partial charge in [0.1, 0.15) is 5.82 Å². The second-order valence-corrected chi connectivity index (χ2v) is 10.2. The molecule has 4 aromatic rings. The monoisotopic (exact) mass is 591 g/mol. The zero-order valence-corrected chi connectivity index (χ0v) is 21.8. The number of nitrogens with zero attached hydrogens (tertiary/aromatic N) is 4. The van der Waals surface area contributed by atoms with E-state index in [4.69, 9.17) is 16.6 Å². The van der Waals surface area contributed by atoms with Crippen LogP contribution >= 0.6 is 27.5 Å². The van der Waals surface area contributed by atoms with Crippen LogP contribution in [0.2, 0.25) is 5.02 Å². The Bertz CT molecular complexity index is 1450. The minimum atomic E-state index is -4.48.